The zero-order valence-corrected chi connectivity index (χ0v) is 14.6. The third-order valence-corrected chi connectivity index (χ3v) is 5.29. The van der Waals surface area contributed by atoms with Gasteiger partial charge in [-0.3, -0.25) is 4.79 Å². The monoisotopic (exact) mass is 358 g/mol. The van der Waals surface area contributed by atoms with E-state index in [1.807, 2.05) is 0 Å². The molecular weight excluding hydrogens is 336 g/mol. The summed E-state index contributed by atoms with van der Waals surface area (Å²) in [6, 6.07) is 3.44. The molecule has 138 valence electrons. The van der Waals surface area contributed by atoms with Crippen LogP contribution in [0.5, 0.6) is 17.4 Å². The standard InChI is InChI=1S/C18H22N4O4/c1-25-14-9-13-12(16(23)21-10-20-13)8-15(14)26-11-2-4-18(5-3-11)17(24)19-6-7-22-18/h8-11,22H,2-7H2,1H3,(H,19,24)(H,20,21,23)/t11-,18+. The van der Waals surface area contributed by atoms with E-state index in [0.29, 0.717) is 28.9 Å². The fourth-order valence-electron chi connectivity index (χ4n) is 3.81. The van der Waals surface area contributed by atoms with Gasteiger partial charge in [-0.1, -0.05) is 0 Å². The summed E-state index contributed by atoms with van der Waals surface area (Å²) < 4.78 is 11.6. The van der Waals surface area contributed by atoms with E-state index in [-0.39, 0.29) is 17.9 Å². The smallest absolute Gasteiger partial charge is 0.240 e. The maximum atomic E-state index is 12.2. The number of hydrogen-bond acceptors (Lipinski definition) is 7. The van der Waals surface area contributed by atoms with Gasteiger partial charge in [-0.25, -0.2) is 9.97 Å². The summed E-state index contributed by atoms with van der Waals surface area (Å²) in [5, 5.41) is 16.8. The number of benzene rings is 1. The topological polar surface area (TPSA) is 106 Å². The number of aromatic hydroxyl groups is 1. The number of rotatable bonds is 3. The molecule has 1 aliphatic heterocycles. The largest absolute Gasteiger partial charge is 0.493 e. The maximum Gasteiger partial charge on any atom is 0.240 e. The summed E-state index contributed by atoms with van der Waals surface area (Å²) in [6.45, 7) is 1.48. The van der Waals surface area contributed by atoms with E-state index in [1.165, 1.54) is 6.33 Å². The van der Waals surface area contributed by atoms with Crippen LogP contribution in [0.4, 0.5) is 0 Å². The third-order valence-electron chi connectivity index (χ3n) is 5.29. The summed E-state index contributed by atoms with van der Waals surface area (Å²) in [5.41, 5.74) is 0.130. The molecule has 1 aromatic carbocycles. The summed E-state index contributed by atoms with van der Waals surface area (Å²) in [6.07, 6.45) is 4.27. The van der Waals surface area contributed by atoms with E-state index < -0.39 is 5.54 Å². The second kappa shape index (κ2) is 6.60. The highest BCUT2D eigenvalue weighted by molar-refractivity contribution is 5.87. The van der Waals surface area contributed by atoms with Gasteiger partial charge < -0.3 is 25.2 Å². The third kappa shape index (κ3) is 2.90. The van der Waals surface area contributed by atoms with Gasteiger partial charge in [0.1, 0.15) is 6.33 Å². The van der Waals surface area contributed by atoms with Gasteiger partial charge in [0.15, 0.2) is 11.5 Å². The summed E-state index contributed by atoms with van der Waals surface area (Å²) >= 11 is 0. The highest BCUT2D eigenvalue weighted by atomic mass is 16.5. The van der Waals surface area contributed by atoms with Crippen molar-refractivity contribution in [2.75, 3.05) is 20.2 Å². The number of fused-ring (bicyclic) bond motifs is 1. The summed E-state index contributed by atoms with van der Waals surface area (Å²) in [5.74, 6) is 1.11. The first-order valence-electron chi connectivity index (χ1n) is 8.83. The maximum absolute atomic E-state index is 12.2. The van der Waals surface area contributed by atoms with Crippen molar-refractivity contribution in [1.82, 2.24) is 20.6 Å². The Morgan fingerprint density at radius 3 is 2.73 bits per heavy atom. The number of methoxy groups -OCH3 is 1. The van der Waals surface area contributed by atoms with Crippen LogP contribution in [-0.4, -0.2) is 52.8 Å². The van der Waals surface area contributed by atoms with Crippen LogP contribution >= 0.6 is 0 Å². The molecule has 1 amide bonds. The molecule has 26 heavy (non-hydrogen) atoms. The Bertz CT molecular complexity index is 833. The van der Waals surface area contributed by atoms with Crippen molar-refractivity contribution < 1.29 is 19.4 Å². The van der Waals surface area contributed by atoms with E-state index >= 15 is 0 Å². The van der Waals surface area contributed by atoms with Crippen molar-refractivity contribution in [1.29, 1.82) is 0 Å². The van der Waals surface area contributed by atoms with E-state index in [9.17, 15) is 9.90 Å². The van der Waals surface area contributed by atoms with Crippen LogP contribution in [0.25, 0.3) is 10.9 Å². The van der Waals surface area contributed by atoms with Crippen molar-refractivity contribution >= 4 is 16.8 Å². The summed E-state index contributed by atoms with van der Waals surface area (Å²) in [7, 11) is 1.57. The first-order chi connectivity index (χ1) is 12.6. The van der Waals surface area contributed by atoms with Crippen LogP contribution in [0.1, 0.15) is 25.7 Å². The Hall–Kier alpha value is -2.61. The van der Waals surface area contributed by atoms with Crippen LogP contribution in [0.2, 0.25) is 0 Å². The van der Waals surface area contributed by atoms with Gasteiger partial charge in [0.05, 0.1) is 29.7 Å². The first-order valence-corrected chi connectivity index (χ1v) is 8.83. The Morgan fingerprint density at radius 1 is 1.19 bits per heavy atom. The second-order valence-electron chi connectivity index (χ2n) is 6.80. The molecule has 8 nitrogen and oxygen atoms in total. The average molecular weight is 358 g/mol. The highest BCUT2D eigenvalue weighted by Crippen LogP contribution is 2.38. The lowest BCUT2D eigenvalue weighted by atomic mass is 9.78. The van der Waals surface area contributed by atoms with Crippen molar-refractivity contribution in [3.05, 3.63) is 18.5 Å². The molecule has 1 spiro atoms. The minimum absolute atomic E-state index is 0.0183. The van der Waals surface area contributed by atoms with Gasteiger partial charge in [-0.05, 0) is 31.7 Å². The Balaban J connectivity index is 1.53. The van der Waals surface area contributed by atoms with Crippen molar-refractivity contribution in [2.24, 2.45) is 0 Å². The lowest BCUT2D eigenvalue weighted by Crippen LogP contribution is -2.64. The number of piperazine rings is 1. The Labute approximate surface area is 150 Å². The normalized spacial score (nSPS) is 25.9. The predicted molar refractivity (Wildman–Crippen MR) is 94.4 cm³/mol. The van der Waals surface area contributed by atoms with Gasteiger partial charge >= 0.3 is 0 Å². The van der Waals surface area contributed by atoms with Gasteiger partial charge in [-0.15, -0.1) is 0 Å². The van der Waals surface area contributed by atoms with Crippen molar-refractivity contribution in [3.63, 3.8) is 0 Å². The molecule has 1 saturated heterocycles. The van der Waals surface area contributed by atoms with Crippen LogP contribution in [0.15, 0.2) is 18.5 Å². The molecule has 1 saturated carbocycles. The lowest BCUT2D eigenvalue weighted by molar-refractivity contribution is -0.131. The number of ether oxygens (including phenoxy) is 2. The number of carbonyl (C=O) groups is 1. The minimum Gasteiger partial charge on any atom is -0.493 e. The van der Waals surface area contributed by atoms with Gasteiger partial charge in [-0.2, -0.15) is 0 Å². The van der Waals surface area contributed by atoms with Gasteiger partial charge in [0.2, 0.25) is 11.8 Å². The van der Waals surface area contributed by atoms with E-state index in [2.05, 4.69) is 20.6 Å². The molecule has 1 aliphatic carbocycles. The molecule has 4 rings (SSSR count). The molecule has 2 aromatic rings. The molecule has 0 atom stereocenters. The molecule has 1 aromatic heterocycles. The second-order valence-corrected chi connectivity index (χ2v) is 6.80. The molecule has 2 heterocycles. The quantitative estimate of drug-likeness (QED) is 0.755. The molecule has 2 aliphatic rings. The number of carbonyl (C=O) groups excluding carboxylic acids is 1. The van der Waals surface area contributed by atoms with E-state index in [4.69, 9.17) is 9.47 Å². The molecule has 0 bridgehead atoms. The van der Waals surface area contributed by atoms with Gasteiger partial charge in [0.25, 0.3) is 0 Å². The number of nitrogens with zero attached hydrogens (tertiary/aromatic N) is 2. The molecule has 0 radical (unpaired) electrons. The van der Waals surface area contributed by atoms with Crippen LogP contribution in [0.3, 0.4) is 0 Å². The van der Waals surface area contributed by atoms with Crippen LogP contribution in [-0.2, 0) is 4.79 Å². The Kier molecular flexibility index (Phi) is 4.28. The molecular formula is C18H22N4O4. The zero-order chi connectivity index (χ0) is 18.1. The number of nitrogens with one attached hydrogen (secondary N) is 2. The first kappa shape index (κ1) is 16.8. The molecule has 8 heteroatoms. The lowest BCUT2D eigenvalue weighted by Gasteiger charge is -2.42. The van der Waals surface area contributed by atoms with Crippen molar-refractivity contribution in [2.45, 2.75) is 37.3 Å². The van der Waals surface area contributed by atoms with Crippen LogP contribution < -0.4 is 20.1 Å². The predicted octanol–water partition coefficient (Wildman–Crippen LogP) is 1.12. The zero-order valence-electron chi connectivity index (χ0n) is 14.6. The molecule has 0 unspecified atom stereocenters. The van der Waals surface area contributed by atoms with Crippen molar-refractivity contribution in [3.8, 4) is 17.4 Å². The van der Waals surface area contributed by atoms with E-state index in [1.54, 1.807) is 19.2 Å². The SMILES string of the molecule is COc1cc2ncnc(O)c2cc1O[C@H]1CC[C@]2(CC1)NCCNC2=O. The van der Waals surface area contributed by atoms with Gasteiger partial charge in [0, 0.05) is 19.2 Å². The highest BCUT2D eigenvalue weighted by Gasteiger charge is 2.43. The summed E-state index contributed by atoms with van der Waals surface area (Å²) in [4.78, 5) is 20.2. The van der Waals surface area contributed by atoms with E-state index in [0.717, 1.165) is 32.2 Å². The Morgan fingerprint density at radius 2 is 2.00 bits per heavy atom. The fourth-order valence-corrected chi connectivity index (χ4v) is 3.81. The average Bonchev–Trinajstić information content (AvgIpc) is 2.66. The minimum atomic E-state index is -0.461. The molecule has 3 N–H and O–H groups in total. The number of aromatic nitrogens is 2. The molecule has 2 fully saturated rings. The fraction of sp³-hybridized carbons (Fsp3) is 0.500. The number of amides is 1. The van der Waals surface area contributed by atoms with Crippen LogP contribution in [0, 0.1) is 0 Å². The number of hydrogen-bond donors (Lipinski definition) is 3.